The summed E-state index contributed by atoms with van der Waals surface area (Å²) in [5, 5.41) is 0.224. The lowest BCUT2D eigenvalue weighted by atomic mass is 10.1. The van der Waals surface area contributed by atoms with Crippen LogP contribution >= 0.6 is 11.6 Å². The molecule has 2 heterocycles. The third kappa shape index (κ3) is 4.01. The first-order valence-electron chi connectivity index (χ1n) is 8.47. The number of likely N-dealkylation sites (N-methyl/N-ethyl adjacent to an activating group) is 1. The maximum absolute atomic E-state index is 13.9. The van der Waals surface area contributed by atoms with Crippen LogP contribution in [0.3, 0.4) is 0 Å². The van der Waals surface area contributed by atoms with Crippen LogP contribution in [0.1, 0.15) is 10.4 Å². The smallest absolute Gasteiger partial charge is 0.282 e. The van der Waals surface area contributed by atoms with Gasteiger partial charge in [0.2, 0.25) is 0 Å². The van der Waals surface area contributed by atoms with Crippen molar-refractivity contribution in [1.82, 2.24) is 18.4 Å². The van der Waals surface area contributed by atoms with E-state index in [0.29, 0.717) is 26.2 Å². The highest BCUT2D eigenvalue weighted by atomic mass is 35.5. The minimum absolute atomic E-state index is 0.0511. The van der Waals surface area contributed by atoms with Gasteiger partial charge in [0.15, 0.2) is 0 Å². The molecule has 0 radical (unpaired) electrons. The summed E-state index contributed by atoms with van der Waals surface area (Å²) in [6.07, 6.45) is 0. The van der Waals surface area contributed by atoms with E-state index in [4.69, 9.17) is 11.6 Å². The van der Waals surface area contributed by atoms with E-state index in [9.17, 15) is 17.6 Å². The van der Waals surface area contributed by atoms with Gasteiger partial charge in [0.25, 0.3) is 16.1 Å². The second-order valence-electron chi connectivity index (χ2n) is 6.53. The zero-order valence-corrected chi connectivity index (χ0v) is 16.1. The lowest BCUT2D eigenvalue weighted by molar-refractivity contribution is 0.0687. The first kappa shape index (κ1) is 19.5. The number of amides is 1. The number of piperazine rings is 2. The average Bonchev–Trinajstić information content (AvgIpc) is 2.62. The first-order chi connectivity index (χ1) is 12.3. The SMILES string of the molecule is CN1CCN(S(=O)(=O)N2CCN(C(=O)c3ccc(Cl)cc3F)CC2)CC1. The number of hydrogen-bond acceptors (Lipinski definition) is 4. The Morgan fingerprint density at radius 1 is 1.00 bits per heavy atom. The van der Waals surface area contributed by atoms with Crippen molar-refractivity contribution in [3.8, 4) is 0 Å². The second-order valence-corrected chi connectivity index (χ2v) is 8.89. The summed E-state index contributed by atoms with van der Waals surface area (Å²) in [5.74, 6) is -1.12. The number of rotatable bonds is 3. The Balaban J connectivity index is 1.62. The maximum atomic E-state index is 13.9. The van der Waals surface area contributed by atoms with Crippen LogP contribution in [0.4, 0.5) is 4.39 Å². The van der Waals surface area contributed by atoms with Gasteiger partial charge in [0.1, 0.15) is 5.82 Å². The highest BCUT2D eigenvalue weighted by molar-refractivity contribution is 7.86. The van der Waals surface area contributed by atoms with Gasteiger partial charge in [-0.2, -0.15) is 17.0 Å². The van der Waals surface area contributed by atoms with Gasteiger partial charge in [-0.15, -0.1) is 0 Å². The Kier molecular flexibility index (Phi) is 5.83. The number of carbonyl (C=O) groups is 1. The molecule has 144 valence electrons. The minimum atomic E-state index is -3.53. The van der Waals surface area contributed by atoms with Crippen LogP contribution in [0.15, 0.2) is 18.2 Å². The number of nitrogens with zero attached hydrogens (tertiary/aromatic N) is 4. The van der Waals surface area contributed by atoms with Gasteiger partial charge in [-0.25, -0.2) is 4.39 Å². The molecule has 3 rings (SSSR count). The number of hydrogen-bond donors (Lipinski definition) is 0. The zero-order valence-electron chi connectivity index (χ0n) is 14.6. The van der Waals surface area contributed by atoms with Gasteiger partial charge in [-0.1, -0.05) is 11.6 Å². The quantitative estimate of drug-likeness (QED) is 0.745. The average molecular weight is 405 g/mol. The van der Waals surface area contributed by atoms with Gasteiger partial charge in [-0.3, -0.25) is 4.79 Å². The summed E-state index contributed by atoms with van der Waals surface area (Å²) in [4.78, 5) is 16.0. The fourth-order valence-electron chi connectivity index (χ4n) is 3.14. The second kappa shape index (κ2) is 7.77. The van der Waals surface area contributed by atoms with Crippen LogP contribution < -0.4 is 0 Å². The summed E-state index contributed by atoms with van der Waals surface area (Å²) >= 11 is 5.71. The van der Waals surface area contributed by atoms with E-state index in [-0.39, 0.29) is 36.8 Å². The fourth-order valence-corrected chi connectivity index (χ4v) is 4.87. The van der Waals surface area contributed by atoms with Crippen LogP contribution in [0, 0.1) is 5.82 Å². The van der Waals surface area contributed by atoms with Crippen molar-refractivity contribution in [1.29, 1.82) is 0 Å². The van der Waals surface area contributed by atoms with Crippen molar-refractivity contribution in [2.24, 2.45) is 0 Å². The molecule has 0 unspecified atom stereocenters. The Hall–Kier alpha value is -1.26. The highest BCUT2D eigenvalue weighted by Crippen LogP contribution is 2.19. The van der Waals surface area contributed by atoms with Gasteiger partial charge >= 0.3 is 0 Å². The highest BCUT2D eigenvalue weighted by Gasteiger charge is 2.35. The minimum Gasteiger partial charge on any atom is -0.336 e. The van der Waals surface area contributed by atoms with Crippen LogP contribution in [0.2, 0.25) is 5.02 Å². The van der Waals surface area contributed by atoms with Crippen molar-refractivity contribution < 1.29 is 17.6 Å². The van der Waals surface area contributed by atoms with Crippen LogP contribution in [-0.4, -0.2) is 92.1 Å². The molecule has 2 saturated heterocycles. The Bertz CT molecular complexity index is 776. The fraction of sp³-hybridized carbons (Fsp3) is 0.562. The summed E-state index contributed by atoms with van der Waals surface area (Å²) < 4.78 is 42.3. The summed E-state index contributed by atoms with van der Waals surface area (Å²) in [6.45, 7) is 3.20. The van der Waals surface area contributed by atoms with Gasteiger partial charge < -0.3 is 9.80 Å². The lowest BCUT2D eigenvalue weighted by Gasteiger charge is -2.39. The number of carbonyl (C=O) groups excluding carboxylic acids is 1. The van der Waals surface area contributed by atoms with Gasteiger partial charge in [-0.05, 0) is 25.2 Å². The Labute approximate surface area is 158 Å². The molecule has 2 aliphatic heterocycles. The molecule has 26 heavy (non-hydrogen) atoms. The van der Waals surface area contributed by atoms with Crippen LogP contribution in [0.5, 0.6) is 0 Å². The van der Waals surface area contributed by atoms with Crippen molar-refractivity contribution in [2.75, 3.05) is 59.4 Å². The molecule has 0 N–H and O–H groups in total. The summed E-state index contributed by atoms with van der Waals surface area (Å²) in [5.41, 5.74) is -0.0511. The molecule has 10 heteroatoms. The monoisotopic (exact) mass is 404 g/mol. The summed E-state index contributed by atoms with van der Waals surface area (Å²) in [7, 11) is -1.56. The molecule has 2 aliphatic rings. The molecule has 0 aliphatic carbocycles. The molecule has 0 spiro atoms. The molecular formula is C16H22ClFN4O3S. The molecule has 0 bridgehead atoms. The molecule has 2 fully saturated rings. The van der Waals surface area contributed by atoms with E-state index < -0.39 is 21.9 Å². The van der Waals surface area contributed by atoms with Crippen molar-refractivity contribution in [2.45, 2.75) is 0 Å². The standard InChI is InChI=1S/C16H22ClFN4O3S/c1-19-4-8-21(9-5-19)26(24,25)22-10-6-20(7-11-22)16(23)14-3-2-13(17)12-15(14)18/h2-3,12H,4-11H2,1H3. The summed E-state index contributed by atoms with van der Waals surface area (Å²) in [6, 6.07) is 3.92. The van der Waals surface area contributed by atoms with Crippen molar-refractivity contribution in [3.05, 3.63) is 34.6 Å². The van der Waals surface area contributed by atoms with Crippen molar-refractivity contribution >= 4 is 27.7 Å². The number of benzene rings is 1. The Morgan fingerprint density at radius 2 is 1.54 bits per heavy atom. The third-order valence-electron chi connectivity index (χ3n) is 4.80. The molecule has 0 saturated carbocycles. The van der Waals surface area contributed by atoms with E-state index in [1.54, 1.807) is 0 Å². The molecule has 0 atom stereocenters. The predicted octanol–water partition coefficient (Wildman–Crippen LogP) is 0.729. The van der Waals surface area contributed by atoms with Gasteiger partial charge in [0, 0.05) is 57.4 Å². The number of halogens is 2. The van der Waals surface area contributed by atoms with E-state index in [1.165, 1.54) is 25.6 Å². The molecule has 7 nitrogen and oxygen atoms in total. The van der Waals surface area contributed by atoms with E-state index in [0.717, 1.165) is 6.07 Å². The molecule has 1 aromatic rings. The topological polar surface area (TPSA) is 64.2 Å². The third-order valence-corrected chi connectivity index (χ3v) is 7.07. The molecule has 0 aromatic heterocycles. The largest absolute Gasteiger partial charge is 0.336 e. The molecule has 1 amide bonds. The van der Waals surface area contributed by atoms with Crippen molar-refractivity contribution in [3.63, 3.8) is 0 Å². The van der Waals surface area contributed by atoms with E-state index in [1.807, 2.05) is 7.05 Å². The Morgan fingerprint density at radius 3 is 2.08 bits per heavy atom. The normalized spacial score (nSPS) is 21.1. The van der Waals surface area contributed by atoms with E-state index in [2.05, 4.69) is 4.90 Å². The maximum Gasteiger partial charge on any atom is 0.282 e. The first-order valence-corrected chi connectivity index (χ1v) is 10.2. The van der Waals surface area contributed by atoms with Crippen LogP contribution in [0.25, 0.3) is 0 Å². The van der Waals surface area contributed by atoms with Gasteiger partial charge in [0.05, 0.1) is 5.56 Å². The van der Waals surface area contributed by atoms with E-state index >= 15 is 0 Å². The predicted molar refractivity (Wildman–Crippen MR) is 96.9 cm³/mol. The molecule has 1 aromatic carbocycles. The zero-order chi connectivity index (χ0) is 18.9. The molecular weight excluding hydrogens is 383 g/mol. The van der Waals surface area contributed by atoms with Crippen LogP contribution in [-0.2, 0) is 10.2 Å². The lowest BCUT2D eigenvalue weighted by Crippen LogP contribution is -2.57.